The molecule has 0 bridgehead atoms. The van der Waals surface area contributed by atoms with Gasteiger partial charge >= 0.3 is 6.03 Å². The quantitative estimate of drug-likeness (QED) is 0.416. The Bertz CT molecular complexity index is 826. The molecule has 2 rings (SSSR count). The minimum absolute atomic E-state index is 0.103. The molecule has 2 aromatic carbocycles. The number of carbonyl (C=O) groups is 1. The molecule has 26 heavy (non-hydrogen) atoms. The topological polar surface area (TPSA) is 84.3 Å². The van der Waals surface area contributed by atoms with E-state index in [2.05, 4.69) is 10.6 Å². The normalized spacial score (nSPS) is 10.5. The average molecular weight is 435 g/mol. The molecule has 0 aliphatic carbocycles. The maximum atomic E-state index is 11.7. The van der Waals surface area contributed by atoms with Crippen LogP contribution in [-0.4, -0.2) is 17.5 Å². The summed E-state index contributed by atoms with van der Waals surface area (Å²) >= 11 is 19.8. The Morgan fingerprint density at radius 2 is 1.81 bits per heavy atom. The van der Waals surface area contributed by atoms with E-state index in [-0.39, 0.29) is 16.7 Å². The van der Waals surface area contributed by atoms with Gasteiger partial charge in [0.15, 0.2) is 0 Å². The van der Waals surface area contributed by atoms with Crippen LogP contribution in [0, 0.1) is 10.1 Å². The second kappa shape index (κ2) is 9.32. The molecule has 0 saturated heterocycles. The van der Waals surface area contributed by atoms with Gasteiger partial charge in [0.25, 0.3) is 5.69 Å². The molecule has 0 aliphatic heterocycles. The zero-order chi connectivity index (χ0) is 19.3. The number of non-ortho nitro benzene ring substituents is 1. The fraction of sp³-hybridized carbons (Fsp3) is 0.188. The predicted molar refractivity (Wildman–Crippen MR) is 106 cm³/mol. The van der Waals surface area contributed by atoms with Crippen molar-refractivity contribution in [3.05, 3.63) is 55.5 Å². The van der Waals surface area contributed by atoms with Crippen LogP contribution in [0.2, 0.25) is 15.1 Å². The van der Waals surface area contributed by atoms with Gasteiger partial charge in [0.05, 0.1) is 20.0 Å². The predicted octanol–water partition coefficient (Wildman–Crippen LogP) is 6.24. The van der Waals surface area contributed by atoms with Crippen molar-refractivity contribution in [1.29, 1.82) is 0 Å². The van der Waals surface area contributed by atoms with Gasteiger partial charge in [-0.2, -0.15) is 0 Å². The van der Waals surface area contributed by atoms with Gasteiger partial charge in [-0.15, -0.1) is 0 Å². The highest BCUT2D eigenvalue weighted by Gasteiger charge is 2.15. The summed E-state index contributed by atoms with van der Waals surface area (Å²) in [5, 5.41) is 17.0. The van der Waals surface area contributed by atoms with Crippen LogP contribution in [0.1, 0.15) is 13.3 Å². The molecule has 0 saturated carbocycles. The SMILES string of the molecule is CCCNC(=O)Nc1cc(Cl)c(Sc2ccc([N+](=O)[O-])cc2Cl)c(Cl)c1. The summed E-state index contributed by atoms with van der Waals surface area (Å²) in [5.74, 6) is 0. The number of benzene rings is 2. The highest BCUT2D eigenvalue weighted by atomic mass is 35.5. The van der Waals surface area contributed by atoms with Crippen LogP contribution in [0.5, 0.6) is 0 Å². The molecule has 6 nitrogen and oxygen atoms in total. The molecule has 0 aromatic heterocycles. The van der Waals surface area contributed by atoms with Crippen molar-refractivity contribution in [3.8, 4) is 0 Å². The Labute approximate surface area is 169 Å². The third kappa shape index (κ3) is 5.41. The fourth-order valence-electron chi connectivity index (χ4n) is 1.94. The van der Waals surface area contributed by atoms with E-state index in [4.69, 9.17) is 34.8 Å². The van der Waals surface area contributed by atoms with Crippen molar-refractivity contribution in [2.24, 2.45) is 0 Å². The van der Waals surface area contributed by atoms with Gasteiger partial charge in [0.2, 0.25) is 0 Å². The maximum Gasteiger partial charge on any atom is 0.319 e. The number of carbonyl (C=O) groups excluding carboxylic acids is 1. The van der Waals surface area contributed by atoms with Crippen molar-refractivity contribution in [2.45, 2.75) is 23.1 Å². The van der Waals surface area contributed by atoms with Gasteiger partial charge in [-0.1, -0.05) is 53.5 Å². The number of rotatable bonds is 6. The fourth-order valence-corrected chi connectivity index (χ4v) is 3.77. The minimum atomic E-state index is -0.523. The number of nitrogens with one attached hydrogen (secondary N) is 2. The van der Waals surface area contributed by atoms with Crippen LogP contribution in [0.4, 0.5) is 16.2 Å². The van der Waals surface area contributed by atoms with E-state index in [1.165, 1.54) is 30.0 Å². The molecule has 0 spiro atoms. The van der Waals surface area contributed by atoms with Crippen LogP contribution in [0.25, 0.3) is 0 Å². The van der Waals surface area contributed by atoms with Crippen LogP contribution in [-0.2, 0) is 0 Å². The summed E-state index contributed by atoms with van der Waals surface area (Å²) in [5.41, 5.74) is 0.349. The van der Waals surface area contributed by atoms with Gasteiger partial charge in [-0.25, -0.2) is 4.79 Å². The number of halogens is 3. The number of nitrogens with zero attached hydrogens (tertiary/aromatic N) is 1. The Morgan fingerprint density at radius 3 is 2.35 bits per heavy atom. The number of hydrogen-bond acceptors (Lipinski definition) is 4. The molecular formula is C16H14Cl3N3O3S. The number of nitro groups is 1. The first-order chi connectivity index (χ1) is 12.3. The summed E-state index contributed by atoms with van der Waals surface area (Å²) in [6.45, 7) is 2.50. The molecule has 2 N–H and O–H groups in total. The second-order valence-electron chi connectivity index (χ2n) is 5.12. The van der Waals surface area contributed by atoms with Crippen molar-refractivity contribution in [3.63, 3.8) is 0 Å². The lowest BCUT2D eigenvalue weighted by Gasteiger charge is -2.12. The van der Waals surface area contributed by atoms with Crippen LogP contribution in [0.15, 0.2) is 40.1 Å². The zero-order valence-electron chi connectivity index (χ0n) is 13.5. The van der Waals surface area contributed by atoms with Gasteiger partial charge in [0.1, 0.15) is 0 Å². The maximum absolute atomic E-state index is 11.7. The first kappa shape index (κ1) is 20.6. The summed E-state index contributed by atoms with van der Waals surface area (Å²) in [7, 11) is 0. The average Bonchev–Trinajstić information content (AvgIpc) is 2.57. The third-order valence-corrected chi connectivity index (χ3v) is 5.59. The molecular weight excluding hydrogens is 421 g/mol. The smallest absolute Gasteiger partial charge is 0.319 e. The van der Waals surface area contributed by atoms with Gasteiger partial charge in [-0.05, 0) is 24.6 Å². The number of amides is 2. The van der Waals surface area contributed by atoms with Crippen molar-refractivity contribution >= 4 is 64.0 Å². The van der Waals surface area contributed by atoms with Gasteiger partial charge < -0.3 is 10.6 Å². The molecule has 0 heterocycles. The van der Waals surface area contributed by atoms with E-state index >= 15 is 0 Å². The van der Waals surface area contributed by atoms with Gasteiger partial charge in [-0.3, -0.25) is 10.1 Å². The van der Waals surface area contributed by atoms with Gasteiger partial charge in [0, 0.05) is 34.2 Å². The summed E-state index contributed by atoms with van der Waals surface area (Å²) in [6.07, 6.45) is 0.820. The summed E-state index contributed by atoms with van der Waals surface area (Å²) in [4.78, 5) is 23.1. The van der Waals surface area contributed by atoms with E-state index in [0.717, 1.165) is 6.42 Å². The Kier molecular flexibility index (Phi) is 7.40. The molecule has 138 valence electrons. The third-order valence-electron chi connectivity index (χ3n) is 3.13. The Balaban J connectivity index is 2.20. The number of nitro benzene ring substituents is 1. The molecule has 2 aromatic rings. The van der Waals surface area contributed by atoms with Crippen molar-refractivity contribution in [2.75, 3.05) is 11.9 Å². The van der Waals surface area contributed by atoms with E-state index in [1.54, 1.807) is 12.1 Å². The van der Waals surface area contributed by atoms with E-state index in [1.807, 2.05) is 6.92 Å². The Hall–Kier alpha value is -1.67. The number of hydrogen-bond donors (Lipinski definition) is 2. The first-order valence-corrected chi connectivity index (χ1v) is 9.42. The van der Waals surface area contributed by atoms with Crippen molar-refractivity contribution in [1.82, 2.24) is 5.32 Å². The number of urea groups is 1. The van der Waals surface area contributed by atoms with E-state index < -0.39 is 4.92 Å². The molecule has 2 amide bonds. The molecule has 0 aliphatic rings. The summed E-state index contributed by atoms with van der Waals surface area (Å²) < 4.78 is 0. The zero-order valence-corrected chi connectivity index (χ0v) is 16.6. The molecule has 10 heteroatoms. The minimum Gasteiger partial charge on any atom is -0.338 e. The summed E-state index contributed by atoms with van der Waals surface area (Å²) in [6, 6.07) is 6.94. The van der Waals surface area contributed by atoms with Crippen LogP contribution < -0.4 is 10.6 Å². The second-order valence-corrected chi connectivity index (χ2v) is 7.40. The lowest BCUT2D eigenvalue weighted by Crippen LogP contribution is -2.29. The molecule has 0 fully saturated rings. The highest BCUT2D eigenvalue weighted by Crippen LogP contribution is 2.43. The van der Waals surface area contributed by atoms with Crippen molar-refractivity contribution < 1.29 is 9.72 Å². The van der Waals surface area contributed by atoms with E-state index in [0.29, 0.717) is 32.1 Å². The highest BCUT2D eigenvalue weighted by molar-refractivity contribution is 7.99. The number of anilines is 1. The molecule has 0 radical (unpaired) electrons. The lowest BCUT2D eigenvalue weighted by molar-refractivity contribution is -0.384. The van der Waals surface area contributed by atoms with Crippen LogP contribution in [0.3, 0.4) is 0 Å². The lowest BCUT2D eigenvalue weighted by atomic mass is 10.3. The standard InChI is InChI=1S/C16H14Cl3N3O3S/c1-2-5-20-16(23)21-9-6-12(18)15(13(19)7-9)26-14-4-3-10(22(24)25)8-11(14)17/h3-4,6-8H,2,5H2,1H3,(H2,20,21,23). The van der Waals surface area contributed by atoms with E-state index in [9.17, 15) is 14.9 Å². The Morgan fingerprint density at radius 1 is 1.15 bits per heavy atom. The largest absolute Gasteiger partial charge is 0.338 e. The molecule has 0 unspecified atom stereocenters. The van der Waals surface area contributed by atoms with Crippen LogP contribution >= 0.6 is 46.6 Å². The first-order valence-electron chi connectivity index (χ1n) is 7.47. The molecule has 0 atom stereocenters. The monoisotopic (exact) mass is 433 g/mol.